The van der Waals surface area contributed by atoms with Crippen LogP contribution in [-0.4, -0.2) is 46.8 Å². The molecule has 2 atom stereocenters. The Labute approximate surface area is 135 Å². The fraction of sp³-hybridized carbons (Fsp3) is 0.333. The van der Waals surface area contributed by atoms with E-state index in [1.807, 2.05) is 41.4 Å². The molecule has 0 amide bonds. The summed E-state index contributed by atoms with van der Waals surface area (Å²) in [4.78, 5) is 18.0. The molecule has 1 aliphatic heterocycles. The van der Waals surface area contributed by atoms with Gasteiger partial charge in [0.2, 0.25) is 0 Å². The van der Waals surface area contributed by atoms with E-state index in [9.17, 15) is 9.90 Å². The number of hydrogen-bond acceptors (Lipinski definition) is 5. The van der Waals surface area contributed by atoms with Crippen molar-refractivity contribution < 1.29 is 14.6 Å². The van der Waals surface area contributed by atoms with Crippen molar-refractivity contribution in [2.24, 2.45) is 0 Å². The Hall–Kier alpha value is -2.24. The summed E-state index contributed by atoms with van der Waals surface area (Å²) in [5, 5.41) is 9.87. The molecule has 1 aromatic carbocycles. The SMILES string of the molecule is COC(=O)C1CC(O)CN1Cc1cccc(-c2cccnc2)c1. The fourth-order valence-corrected chi connectivity index (χ4v) is 3.05. The molecule has 5 heteroatoms. The molecule has 2 aromatic rings. The predicted molar refractivity (Wildman–Crippen MR) is 86.5 cm³/mol. The smallest absolute Gasteiger partial charge is 0.323 e. The van der Waals surface area contributed by atoms with E-state index in [4.69, 9.17) is 4.74 Å². The largest absolute Gasteiger partial charge is 0.468 e. The van der Waals surface area contributed by atoms with E-state index in [1.54, 1.807) is 6.20 Å². The monoisotopic (exact) mass is 312 g/mol. The summed E-state index contributed by atoms with van der Waals surface area (Å²) in [6, 6.07) is 11.7. The number of nitrogens with zero attached hydrogens (tertiary/aromatic N) is 2. The van der Waals surface area contributed by atoms with Gasteiger partial charge in [-0.3, -0.25) is 14.7 Å². The molecular formula is C18H20N2O3. The van der Waals surface area contributed by atoms with Crippen LogP contribution in [0.3, 0.4) is 0 Å². The summed E-state index contributed by atoms with van der Waals surface area (Å²) in [5.41, 5.74) is 3.24. The molecule has 3 rings (SSSR count). The van der Waals surface area contributed by atoms with Gasteiger partial charge in [-0.15, -0.1) is 0 Å². The number of carbonyl (C=O) groups is 1. The first-order valence-electron chi connectivity index (χ1n) is 7.66. The number of carbonyl (C=O) groups excluding carboxylic acids is 1. The highest BCUT2D eigenvalue weighted by Crippen LogP contribution is 2.24. The minimum atomic E-state index is -0.486. The van der Waals surface area contributed by atoms with Crippen LogP contribution in [0.15, 0.2) is 48.8 Å². The maximum atomic E-state index is 11.9. The molecule has 0 saturated carbocycles. The Kier molecular flexibility index (Phi) is 4.69. The van der Waals surface area contributed by atoms with E-state index >= 15 is 0 Å². The normalized spacial score (nSPS) is 21.3. The van der Waals surface area contributed by atoms with E-state index in [0.717, 1.165) is 16.7 Å². The quantitative estimate of drug-likeness (QED) is 0.873. The van der Waals surface area contributed by atoms with Crippen molar-refractivity contribution in [2.45, 2.75) is 25.1 Å². The fourth-order valence-electron chi connectivity index (χ4n) is 3.05. The Morgan fingerprint density at radius 1 is 1.35 bits per heavy atom. The maximum Gasteiger partial charge on any atom is 0.323 e. The molecule has 0 radical (unpaired) electrons. The van der Waals surface area contributed by atoms with Gasteiger partial charge in [0, 0.05) is 31.9 Å². The van der Waals surface area contributed by atoms with Gasteiger partial charge in [0.25, 0.3) is 0 Å². The summed E-state index contributed by atoms with van der Waals surface area (Å²) >= 11 is 0. The van der Waals surface area contributed by atoms with E-state index in [2.05, 4.69) is 11.1 Å². The summed E-state index contributed by atoms with van der Waals surface area (Å²) in [7, 11) is 1.38. The molecule has 1 aliphatic rings. The lowest BCUT2D eigenvalue weighted by molar-refractivity contribution is -0.146. The summed E-state index contributed by atoms with van der Waals surface area (Å²) in [6.07, 6.45) is 3.52. The number of aliphatic hydroxyl groups excluding tert-OH is 1. The number of rotatable bonds is 4. The lowest BCUT2D eigenvalue weighted by Crippen LogP contribution is -2.36. The highest BCUT2D eigenvalue weighted by atomic mass is 16.5. The van der Waals surface area contributed by atoms with Gasteiger partial charge in [0.1, 0.15) is 6.04 Å². The molecule has 1 saturated heterocycles. The highest BCUT2D eigenvalue weighted by molar-refractivity contribution is 5.76. The minimum absolute atomic E-state index is 0.287. The van der Waals surface area contributed by atoms with Crippen molar-refractivity contribution in [3.63, 3.8) is 0 Å². The standard InChI is InChI=1S/C18H20N2O3/c1-23-18(22)17-9-16(21)12-20(17)11-13-4-2-5-14(8-13)15-6-3-7-19-10-15/h2-8,10,16-17,21H,9,11-12H2,1H3. The number of aliphatic hydroxyl groups is 1. The van der Waals surface area contributed by atoms with Gasteiger partial charge >= 0.3 is 5.97 Å². The first-order chi connectivity index (χ1) is 11.2. The topological polar surface area (TPSA) is 62.7 Å². The van der Waals surface area contributed by atoms with Crippen LogP contribution in [0.4, 0.5) is 0 Å². The first-order valence-corrected chi connectivity index (χ1v) is 7.66. The molecule has 1 N–H and O–H groups in total. The van der Waals surface area contributed by atoms with Gasteiger partial charge < -0.3 is 9.84 Å². The lowest BCUT2D eigenvalue weighted by Gasteiger charge is -2.22. The van der Waals surface area contributed by atoms with Crippen LogP contribution in [0.5, 0.6) is 0 Å². The van der Waals surface area contributed by atoms with Gasteiger partial charge in [-0.25, -0.2) is 0 Å². The van der Waals surface area contributed by atoms with E-state index in [1.165, 1.54) is 7.11 Å². The number of hydrogen-bond donors (Lipinski definition) is 1. The first kappa shape index (κ1) is 15.6. The predicted octanol–water partition coefficient (Wildman–Crippen LogP) is 1.86. The second-order valence-corrected chi connectivity index (χ2v) is 5.80. The number of pyridine rings is 1. The number of esters is 1. The molecule has 1 aromatic heterocycles. The maximum absolute atomic E-state index is 11.9. The third-order valence-corrected chi connectivity index (χ3v) is 4.16. The Morgan fingerprint density at radius 3 is 2.91 bits per heavy atom. The van der Waals surface area contributed by atoms with Crippen LogP contribution < -0.4 is 0 Å². The Bertz CT molecular complexity index is 675. The molecule has 2 heterocycles. The van der Waals surface area contributed by atoms with Crippen LogP contribution in [0, 0.1) is 0 Å². The Balaban J connectivity index is 1.79. The van der Waals surface area contributed by atoms with Gasteiger partial charge in [-0.05, 0) is 28.8 Å². The average Bonchev–Trinajstić information content (AvgIpc) is 2.95. The number of β-amino-alcohol motifs (C(OH)–C–C–N with tert-alkyl or cyclic N) is 1. The zero-order valence-corrected chi connectivity index (χ0v) is 13.1. The molecule has 120 valence electrons. The number of likely N-dealkylation sites (tertiary alicyclic amines) is 1. The number of benzene rings is 1. The van der Waals surface area contributed by atoms with Crippen molar-refractivity contribution in [3.8, 4) is 11.1 Å². The lowest BCUT2D eigenvalue weighted by atomic mass is 10.0. The summed E-state index contributed by atoms with van der Waals surface area (Å²) < 4.78 is 4.84. The molecule has 0 aliphatic carbocycles. The molecule has 0 spiro atoms. The number of aromatic nitrogens is 1. The van der Waals surface area contributed by atoms with E-state index in [-0.39, 0.29) is 12.0 Å². The van der Waals surface area contributed by atoms with Gasteiger partial charge in [0.05, 0.1) is 13.2 Å². The van der Waals surface area contributed by atoms with Crippen molar-refractivity contribution >= 4 is 5.97 Å². The summed E-state index contributed by atoms with van der Waals surface area (Å²) in [5.74, 6) is -0.287. The third kappa shape index (κ3) is 3.57. The molecule has 1 fully saturated rings. The van der Waals surface area contributed by atoms with Gasteiger partial charge in [-0.2, -0.15) is 0 Å². The second-order valence-electron chi connectivity index (χ2n) is 5.80. The highest BCUT2D eigenvalue weighted by Gasteiger charge is 2.36. The van der Waals surface area contributed by atoms with Gasteiger partial charge in [-0.1, -0.05) is 24.3 Å². The van der Waals surface area contributed by atoms with Crippen LogP contribution >= 0.6 is 0 Å². The molecular weight excluding hydrogens is 292 g/mol. The van der Waals surface area contributed by atoms with Crippen LogP contribution in [0.2, 0.25) is 0 Å². The number of methoxy groups -OCH3 is 1. The zero-order valence-electron chi connectivity index (χ0n) is 13.1. The zero-order chi connectivity index (χ0) is 16.2. The van der Waals surface area contributed by atoms with E-state index in [0.29, 0.717) is 19.5 Å². The van der Waals surface area contributed by atoms with Crippen molar-refractivity contribution in [2.75, 3.05) is 13.7 Å². The van der Waals surface area contributed by atoms with Gasteiger partial charge in [0.15, 0.2) is 0 Å². The summed E-state index contributed by atoms with van der Waals surface area (Å²) in [6.45, 7) is 1.09. The third-order valence-electron chi connectivity index (χ3n) is 4.16. The Morgan fingerprint density at radius 2 is 2.17 bits per heavy atom. The van der Waals surface area contributed by atoms with Crippen LogP contribution in [-0.2, 0) is 16.1 Å². The number of ether oxygens (including phenoxy) is 1. The van der Waals surface area contributed by atoms with Crippen LogP contribution in [0.1, 0.15) is 12.0 Å². The molecule has 0 bridgehead atoms. The second kappa shape index (κ2) is 6.89. The minimum Gasteiger partial charge on any atom is -0.468 e. The van der Waals surface area contributed by atoms with Crippen LogP contribution in [0.25, 0.3) is 11.1 Å². The van der Waals surface area contributed by atoms with Crippen molar-refractivity contribution in [3.05, 3.63) is 54.4 Å². The van der Waals surface area contributed by atoms with Crippen molar-refractivity contribution in [1.29, 1.82) is 0 Å². The van der Waals surface area contributed by atoms with Crippen molar-refractivity contribution in [1.82, 2.24) is 9.88 Å². The molecule has 5 nitrogen and oxygen atoms in total. The average molecular weight is 312 g/mol. The van der Waals surface area contributed by atoms with E-state index < -0.39 is 6.10 Å². The molecule has 23 heavy (non-hydrogen) atoms. The molecule has 2 unspecified atom stereocenters.